The molecule has 4 nitrogen and oxygen atoms in total. The van der Waals surface area contributed by atoms with Gasteiger partial charge in [0, 0.05) is 11.6 Å². The zero-order valence-electron chi connectivity index (χ0n) is 14.3. The van der Waals surface area contributed by atoms with Crippen LogP contribution in [-0.4, -0.2) is 11.8 Å². The highest BCUT2D eigenvalue weighted by Crippen LogP contribution is 2.49. The van der Waals surface area contributed by atoms with E-state index in [4.69, 9.17) is 5.73 Å². The van der Waals surface area contributed by atoms with Crippen molar-refractivity contribution in [2.75, 3.05) is 5.32 Å². The number of anilines is 1. The van der Waals surface area contributed by atoms with E-state index in [1.165, 1.54) is 16.3 Å². The van der Waals surface area contributed by atoms with Gasteiger partial charge >= 0.3 is 0 Å². The van der Waals surface area contributed by atoms with E-state index in [0.29, 0.717) is 0 Å². The van der Waals surface area contributed by atoms with Crippen LogP contribution < -0.4 is 11.1 Å². The van der Waals surface area contributed by atoms with Crippen LogP contribution in [0.3, 0.4) is 0 Å². The van der Waals surface area contributed by atoms with Gasteiger partial charge in [0.1, 0.15) is 0 Å². The Labute approximate surface area is 152 Å². The minimum absolute atomic E-state index is 0.00565. The van der Waals surface area contributed by atoms with Gasteiger partial charge in [-0.05, 0) is 46.4 Å². The van der Waals surface area contributed by atoms with Gasteiger partial charge in [0.05, 0.1) is 6.42 Å². The lowest BCUT2D eigenvalue weighted by Crippen LogP contribution is -2.15. The number of carbonyl (C=O) groups excluding carboxylic acids is 2. The van der Waals surface area contributed by atoms with Crippen molar-refractivity contribution in [2.45, 2.75) is 18.8 Å². The molecule has 0 aromatic heterocycles. The SMILES string of the molecule is NC(=O)Cc1ccc(NC(=O)C2CC2c2cccc3ccccc23)cc1. The molecule has 0 radical (unpaired) electrons. The first-order valence-corrected chi connectivity index (χ1v) is 8.77. The summed E-state index contributed by atoms with van der Waals surface area (Å²) in [7, 11) is 0. The Hall–Kier alpha value is -3.14. The molecule has 0 spiro atoms. The van der Waals surface area contributed by atoms with Gasteiger partial charge in [-0.2, -0.15) is 0 Å². The van der Waals surface area contributed by atoms with E-state index in [9.17, 15) is 9.59 Å². The molecule has 2 unspecified atom stereocenters. The Morgan fingerprint density at radius 2 is 1.69 bits per heavy atom. The van der Waals surface area contributed by atoms with Crippen LogP contribution in [-0.2, 0) is 16.0 Å². The van der Waals surface area contributed by atoms with E-state index in [-0.39, 0.29) is 30.1 Å². The quantitative estimate of drug-likeness (QED) is 0.742. The predicted molar refractivity (Wildman–Crippen MR) is 103 cm³/mol. The van der Waals surface area contributed by atoms with Crippen LogP contribution in [0.15, 0.2) is 66.7 Å². The largest absolute Gasteiger partial charge is 0.369 e. The molecular weight excluding hydrogens is 324 g/mol. The van der Waals surface area contributed by atoms with Gasteiger partial charge in [-0.25, -0.2) is 0 Å². The van der Waals surface area contributed by atoms with Crippen LogP contribution in [0.25, 0.3) is 10.8 Å². The van der Waals surface area contributed by atoms with E-state index in [2.05, 4.69) is 35.6 Å². The molecule has 26 heavy (non-hydrogen) atoms. The average Bonchev–Trinajstić information content (AvgIpc) is 3.43. The average molecular weight is 344 g/mol. The summed E-state index contributed by atoms with van der Waals surface area (Å²) in [6.45, 7) is 0. The molecule has 3 aromatic carbocycles. The second kappa shape index (κ2) is 6.64. The molecule has 2 amide bonds. The zero-order chi connectivity index (χ0) is 18.1. The monoisotopic (exact) mass is 344 g/mol. The Balaban J connectivity index is 1.45. The van der Waals surface area contributed by atoms with Gasteiger partial charge < -0.3 is 11.1 Å². The summed E-state index contributed by atoms with van der Waals surface area (Å²) in [4.78, 5) is 23.5. The number of carbonyl (C=O) groups is 2. The molecule has 4 rings (SSSR count). The smallest absolute Gasteiger partial charge is 0.228 e. The number of hydrogen-bond donors (Lipinski definition) is 2. The molecule has 1 fully saturated rings. The second-order valence-corrected chi connectivity index (χ2v) is 6.85. The third-order valence-corrected chi connectivity index (χ3v) is 4.95. The van der Waals surface area contributed by atoms with Crippen LogP contribution in [0.5, 0.6) is 0 Å². The minimum Gasteiger partial charge on any atom is -0.369 e. The fraction of sp³-hybridized carbons (Fsp3) is 0.182. The molecule has 1 aliphatic rings. The minimum atomic E-state index is -0.363. The number of nitrogens with one attached hydrogen (secondary N) is 1. The summed E-state index contributed by atoms with van der Waals surface area (Å²) in [5.74, 6) is -0.0374. The first-order chi connectivity index (χ1) is 12.6. The van der Waals surface area contributed by atoms with Crippen molar-refractivity contribution in [1.82, 2.24) is 0 Å². The van der Waals surface area contributed by atoms with Crippen LogP contribution in [0.4, 0.5) is 5.69 Å². The van der Waals surface area contributed by atoms with Crippen LogP contribution in [0.2, 0.25) is 0 Å². The summed E-state index contributed by atoms with van der Waals surface area (Å²) in [6.07, 6.45) is 1.08. The van der Waals surface area contributed by atoms with E-state index >= 15 is 0 Å². The summed E-state index contributed by atoms with van der Waals surface area (Å²) in [5.41, 5.74) is 8.03. The molecule has 3 N–H and O–H groups in total. The first-order valence-electron chi connectivity index (χ1n) is 8.77. The molecule has 130 valence electrons. The van der Waals surface area contributed by atoms with Crippen molar-refractivity contribution < 1.29 is 9.59 Å². The first kappa shape index (κ1) is 16.3. The van der Waals surface area contributed by atoms with Crippen molar-refractivity contribution in [1.29, 1.82) is 0 Å². The highest BCUT2D eigenvalue weighted by molar-refractivity contribution is 5.96. The highest BCUT2D eigenvalue weighted by atomic mass is 16.2. The fourth-order valence-corrected chi connectivity index (χ4v) is 3.54. The fourth-order valence-electron chi connectivity index (χ4n) is 3.54. The highest BCUT2D eigenvalue weighted by Gasteiger charge is 2.44. The molecule has 0 heterocycles. The molecule has 1 aliphatic carbocycles. The number of amides is 2. The Morgan fingerprint density at radius 3 is 2.46 bits per heavy atom. The maximum atomic E-state index is 12.6. The van der Waals surface area contributed by atoms with Crippen LogP contribution >= 0.6 is 0 Å². The lowest BCUT2D eigenvalue weighted by Gasteiger charge is -2.08. The van der Waals surface area contributed by atoms with Gasteiger partial charge in [-0.1, -0.05) is 54.6 Å². The summed E-state index contributed by atoms with van der Waals surface area (Å²) in [5, 5.41) is 5.41. The number of fused-ring (bicyclic) bond motifs is 1. The lowest BCUT2D eigenvalue weighted by atomic mass is 10.00. The normalized spacial score (nSPS) is 18.5. The predicted octanol–water partition coefficient (Wildman–Crippen LogP) is 3.61. The number of primary amides is 1. The number of benzene rings is 3. The molecule has 3 aromatic rings. The van der Waals surface area contributed by atoms with Gasteiger partial charge in [-0.15, -0.1) is 0 Å². The molecule has 4 heteroatoms. The third kappa shape index (κ3) is 3.31. The van der Waals surface area contributed by atoms with Crippen molar-refractivity contribution in [3.63, 3.8) is 0 Å². The van der Waals surface area contributed by atoms with Gasteiger partial charge in [0.15, 0.2) is 0 Å². The lowest BCUT2D eigenvalue weighted by molar-refractivity contribution is -0.118. The molecule has 0 bridgehead atoms. The van der Waals surface area contributed by atoms with E-state index in [0.717, 1.165) is 17.7 Å². The Morgan fingerprint density at radius 1 is 0.962 bits per heavy atom. The Kier molecular flexibility index (Phi) is 4.17. The maximum absolute atomic E-state index is 12.6. The molecule has 0 saturated heterocycles. The second-order valence-electron chi connectivity index (χ2n) is 6.85. The molecule has 2 atom stereocenters. The molecule has 0 aliphatic heterocycles. The van der Waals surface area contributed by atoms with Gasteiger partial charge in [0.25, 0.3) is 0 Å². The van der Waals surface area contributed by atoms with Crippen molar-refractivity contribution >= 4 is 28.3 Å². The summed E-state index contributed by atoms with van der Waals surface area (Å²) in [6, 6.07) is 21.8. The molecular formula is C22H20N2O2. The zero-order valence-corrected chi connectivity index (χ0v) is 14.3. The van der Waals surface area contributed by atoms with E-state index in [1.54, 1.807) is 0 Å². The van der Waals surface area contributed by atoms with Crippen LogP contribution in [0.1, 0.15) is 23.5 Å². The van der Waals surface area contributed by atoms with Crippen LogP contribution in [0, 0.1) is 5.92 Å². The van der Waals surface area contributed by atoms with E-state index < -0.39 is 0 Å². The van der Waals surface area contributed by atoms with Gasteiger partial charge in [-0.3, -0.25) is 9.59 Å². The van der Waals surface area contributed by atoms with Crippen molar-refractivity contribution in [3.05, 3.63) is 77.9 Å². The standard InChI is InChI=1S/C22H20N2O2/c23-21(25)12-14-8-10-16(11-9-14)24-22(26)20-13-19(20)18-7-3-5-15-4-1-2-6-17(15)18/h1-11,19-20H,12-13H2,(H2,23,25)(H,24,26). The maximum Gasteiger partial charge on any atom is 0.228 e. The molecule has 1 saturated carbocycles. The number of hydrogen-bond acceptors (Lipinski definition) is 2. The van der Waals surface area contributed by atoms with Crippen molar-refractivity contribution in [3.8, 4) is 0 Å². The summed E-state index contributed by atoms with van der Waals surface area (Å²) >= 11 is 0. The number of rotatable bonds is 5. The van der Waals surface area contributed by atoms with Crippen molar-refractivity contribution in [2.24, 2.45) is 11.7 Å². The Bertz CT molecular complexity index is 974. The van der Waals surface area contributed by atoms with E-state index in [1.807, 2.05) is 36.4 Å². The number of nitrogens with two attached hydrogens (primary N) is 1. The summed E-state index contributed by atoms with van der Waals surface area (Å²) < 4.78 is 0. The topological polar surface area (TPSA) is 72.2 Å². The third-order valence-electron chi connectivity index (χ3n) is 4.95. The van der Waals surface area contributed by atoms with Gasteiger partial charge in [0.2, 0.25) is 11.8 Å².